The summed E-state index contributed by atoms with van der Waals surface area (Å²) in [6.07, 6.45) is 3.26. The summed E-state index contributed by atoms with van der Waals surface area (Å²) in [5.41, 5.74) is 2.25. The molecule has 9 nitrogen and oxygen atoms in total. The molecular weight excluding hydrogens is 366 g/mol. The topological polar surface area (TPSA) is 96.6 Å². The Kier molecular flexibility index (Phi) is 3.44. The minimum Gasteiger partial charge on any atom is -0.352 e. The van der Waals surface area contributed by atoms with Crippen molar-refractivity contribution in [3.05, 3.63) is 42.5 Å². The Bertz CT molecular complexity index is 1180. The molecule has 2 aliphatic heterocycles. The van der Waals surface area contributed by atoms with E-state index in [-0.39, 0.29) is 4.90 Å². The fraction of sp³-hybridized carbons (Fsp3) is 0.294. The number of hydrogen-bond donors (Lipinski definition) is 0. The molecule has 0 radical (unpaired) electrons. The van der Waals surface area contributed by atoms with Crippen LogP contribution in [0.15, 0.2) is 46.2 Å². The van der Waals surface area contributed by atoms with Gasteiger partial charge in [-0.05, 0) is 12.1 Å². The van der Waals surface area contributed by atoms with Gasteiger partial charge in [0.15, 0.2) is 17.3 Å². The zero-order valence-electron chi connectivity index (χ0n) is 14.6. The van der Waals surface area contributed by atoms with Crippen LogP contribution in [0.2, 0.25) is 0 Å². The fourth-order valence-corrected chi connectivity index (χ4v) is 4.88. The minimum atomic E-state index is -3.60. The summed E-state index contributed by atoms with van der Waals surface area (Å²) < 4.78 is 30.5. The molecule has 0 spiro atoms. The highest BCUT2D eigenvalue weighted by Crippen LogP contribution is 2.29. The highest BCUT2D eigenvalue weighted by atomic mass is 32.2. The van der Waals surface area contributed by atoms with E-state index in [1.54, 1.807) is 18.5 Å². The average Bonchev–Trinajstić information content (AvgIpc) is 3.20. The largest absolute Gasteiger partial charge is 0.352 e. The van der Waals surface area contributed by atoms with Gasteiger partial charge in [0, 0.05) is 38.8 Å². The Labute approximate surface area is 156 Å². The number of imidazole rings is 1. The second kappa shape index (κ2) is 5.74. The number of fused-ring (bicyclic) bond motifs is 2. The summed E-state index contributed by atoms with van der Waals surface area (Å²) in [4.78, 5) is 17.4. The predicted molar refractivity (Wildman–Crippen MR) is 100 cm³/mol. The zero-order chi connectivity index (χ0) is 18.6. The molecule has 27 heavy (non-hydrogen) atoms. The lowest BCUT2D eigenvalue weighted by Gasteiger charge is -2.36. The Balaban J connectivity index is 1.42. The van der Waals surface area contributed by atoms with Crippen LogP contribution in [0.1, 0.15) is 5.56 Å². The molecule has 0 bridgehead atoms. The number of aryl methyl sites for hydroxylation is 1. The summed E-state index contributed by atoms with van der Waals surface area (Å²) in [5.74, 6) is 1.39. The number of piperazine rings is 1. The van der Waals surface area contributed by atoms with Gasteiger partial charge in [-0.15, -0.1) is 4.40 Å². The summed E-state index contributed by atoms with van der Waals surface area (Å²) >= 11 is 0. The van der Waals surface area contributed by atoms with E-state index in [0.717, 1.165) is 11.3 Å². The molecule has 1 fully saturated rings. The van der Waals surface area contributed by atoms with Crippen molar-refractivity contribution in [2.45, 2.75) is 4.90 Å². The Morgan fingerprint density at radius 2 is 1.70 bits per heavy atom. The fourth-order valence-electron chi connectivity index (χ4n) is 3.65. The number of amidine groups is 1. The number of sulfonamides is 1. The van der Waals surface area contributed by atoms with Gasteiger partial charge in [0.2, 0.25) is 0 Å². The first-order valence-electron chi connectivity index (χ1n) is 8.61. The molecule has 0 unspecified atom stereocenters. The molecule has 2 aliphatic rings. The molecule has 0 atom stereocenters. The van der Waals surface area contributed by atoms with Gasteiger partial charge in [0.1, 0.15) is 16.7 Å². The maximum Gasteiger partial charge on any atom is 0.285 e. The highest BCUT2D eigenvalue weighted by Gasteiger charge is 2.33. The molecule has 3 aromatic rings. The lowest BCUT2D eigenvalue weighted by molar-refractivity contribution is 0.386. The number of aromatic nitrogens is 4. The van der Waals surface area contributed by atoms with Gasteiger partial charge in [-0.1, -0.05) is 12.1 Å². The molecule has 1 aromatic carbocycles. The van der Waals surface area contributed by atoms with Crippen LogP contribution in [0.5, 0.6) is 0 Å². The number of anilines is 1. The second-order valence-corrected chi connectivity index (χ2v) is 8.16. The molecule has 5 rings (SSSR count). The van der Waals surface area contributed by atoms with E-state index in [4.69, 9.17) is 0 Å². The molecule has 1 saturated heterocycles. The van der Waals surface area contributed by atoms with Crippen LogP contribution in [0.3, 0.4) is 0 Å². The predicted octanol–water partition coefficient (Wildman–Crippen LogP) is 0.634. The summed E-state index contributed by atoms with van der Waals surface area (Å²) in [7, 11) is -1.67. The molecular formula is C17H17N7O2S. The van der Waals surface area contributed by atoms with Gasteiger partial charge in [-0.3, -0.25) is 0 Å². The van der Waals surface area contributed by atoms with E-state index in [1.165, 1.54) is 6.33 Å². The third kappa shape index (κ3) is 2.47. The van der Waals surface area contributed by atoms with Gasteiger partial charge in [0.05, 0.1) is 6.33 Å². The van der Waals surface area contributed by atoms with Crippen molar-refractivity contribution in [2.24, 2.45) is 11.4 Å². The van der Waals surface area contributed by atoms with E-state index >= 15 is 0 Å². The molecule has 4 heterocycles. The smallest absolute Gasteiger partial charge is 0.285 e. The third-order valence-corrected chi connectivity index (χ3v) is 6.31. The minimum absolute atomic E-state index is 0.287. The standard InChI is InChI=1S/C17H17N7O2S/c1-22-11-20-15-14(22)17(19-10-18-15)24-8-6-23(7-9-24)16-12-4-2-3-5-13(12)27(25,26)21-16/h2-5,10-11H,6-9H2,1H3. The van der Waals surface area contributed by atoms with Crippen molar-refractivity contribution >= 4 is 32.8 Å². The van der Waals surface area contributed by atoms with Gasteiger partial charge in [-0.2, -0.15) is 8.42 Å². The van der Waals surface area contributed by atoms with Crippen molar-refractivity contribution in [3.8, 4) is 0 Å². The monoisotopic (exact) mass is 383 g/mol. The summed E-state index contributed by atoms with van der Waals surface area (Å²) in [6.45, 7) is 2.73. The number of nitrogens with zero attached hydrogens (tertiary/aromatic N) is 7. The highest BCUT2D eigenvalue weighted by molar-refractivity contribution is 7.90. The van der Waals surface area contributed by atoms with Crippen molar-refractivity contribution < 1.29 is 8.42 Å². The molecule has 0 aliphatic carbocycles. The molecule has 0 saturated carbocycles. The Morgan fingerprint density at radius 1 is 0.963 bits per heavy atom. The number of benzene rings is 1. The third-order valence-electron chi connectivity index (χ3n) is 4.98. The average molecular weight is 383 g/mol. The first-order chi connectivity index (χ1) is 13.0. The van der Waals surface area contributed by atoms with Crippen LogP contribution < -0.4 is 4.90 Å². The van der Waals surface area contributed by atoms with E-state index < -0.39 is 10.0 Å². The van der Waals surface area contributed by atoms with Crippen LogP contribution in [0.4, 0.5) is 5.82 Å². The molecule has 0 N–H and O–H groups in total. The van der Waals surface area contributed by atoms with E-state index in [0.29, 0.717) is 43.2 Å². The van der Waals surface area contributed by atoms with Crippen molar-refractivity contribution in [1.82, 2.24) is 24.4 Å². The first kappa shape index (κ1) is 16.2. The molecule has 10 heteroatoms. The van der Waals surface area contributed by atoms with Crippen LogP contribution in [0.25, 0.3) is 11.2 Å². The van der Waals surface area contributed by atoms with E-state index in [1.807, 2.05) is 28.6 Å². The van der Waals surface area contributed by atoms with Crippen LogP contribution >= 0.6 is 0 Å². The summed E-state index contributed by atoms with van der Waals surface area (Å²) in [5, 5.41) is 0. The maximum atomic E-state index is 12.3. The van der Waals surface area contributed by atoms with Crippen molar-refractivity contribution in [3.63, 3.8) is 0 Å². The van der Waals surface area contributed by atoms with Gasteiger partial charge >= 0.3 is 0 Å². The first-order valence-corrected chi connectivity index (χ1v) is 10.0. The van der Waals surface area contributed by atoms with E-state index in [9.17, 15) is 8.42 Å². The normalized spacial score (nSPS) is 18.6. The van der Waals surface area contributed by atoms with E-state index in [2.05, 4.69) is 24.2 Å². The maximum absolute atomic E-state index is 12.3. The molecule has 0 amide bonds. The van der Waals surface area contributed by atoms with Crippen LogP contribution in [0, 0.1) is 0 Å². The van der Waals surface area contributed by atoms with Crippen molar-refractivity contribution in [2.75, 3.05) is 31.1 Å². The lowest BCUT2D eigenvalue weighted by Crippen LogP contribution is -2.49. The second-order valence-electron chi connectivity index (χ2n) is 6.59. The van der Waals surface area contributed by atoms with Crippen LogP contribution in [-0.2, 0) is 17.1 Å². The van der Waals surface area contributed by atoms with Crippen LogP contribution in [-0.4, -0.2) is 64.9 Å². The van der Waals surface area contributed by atoms with Crippen molar-refractivity contribution in [1.29, 1.82) is 0 Å². The van der Waals surface area contributed by atoms with Gasteiger partial charge < -0.3 is 14.4 Å². The Hall–Kier alpha value is -3.01. The SMILES string of the molecule is Cn1cnc2ncnc(N3CCN(C4=NS(=O)(=O)c5ccccc54)CC3)c21. The quantitative estimate of drug-likeness (QED) is 0.608. The number of rotatable bonds is 1. The van der Waals surface area contributed by atoms with Gasteiger partial charge in [0.25, 0.3) is 10.0 Å². The van der Waals surface area contributed by atoms with Gasteiger partial charge in [-0.25, -0.2) is 15.0 Å². The number of hydrogen-bond acceptors (Lipinski definition) is 7. The lowest BCUT2D eigenvalue weighted by atomic mass is 10.1. The molecule has 2 aromatic heterocycles. The Morgan fingerprint density at radius 3 is 2.52 bits per heavy atom. The zero-order valence-corrected chi connectivity index (χ0v) is 15.5. The molecule has 138 valence electrons. The summed E-state index contributed by atoms with van der Waals surface area (Å²) in [6, 6.07) is 6.98.